The molecule has 0 aliphatic carbocycles. The van der Waals surface area contributed by atoms with Crippen molar-refractivity contribution in [2.45, 2.75) is 31.8 Å². The lowest BCUT2D eigenvalue weighted by Gasteiger charge is -2.16. The third kappa shape index (κ3) is 2.57. The van der Waals surface area contributed by atoms with Gasteiger partial charge >= 0.3 is 0 Å². The summed E-state index contributed by atoms with van der Waals surface area (Å²) in [4.78, 5) is 2.62. The van der Waals surface area contributed by atoms with Gasteiger partial charge in [0.15, 0.2) is 5.79 Å². The monoisotopic (exact) mass is 187 g/mol. The number of aliphatic hydroxyl groups excluding tert-OH is 1. The van der Waals surface area contributed by atoms with Crippen molar-refractivity contribution < 1.29 is 14.6 Å². The van der Waals surface area contributed by atoms with E-state index in [4.69, 9.17) is 20.1 Å². The quantitative estimate of drug-likeness (QED) is 0.403. The number of hydrogen-bond acceptors (Lipinski definition) is 4. The van der Waals surface area contributed by atoms with Crippen LogP contribution in [0.4, 0.5) is 0 Å². The highest BCUT2D eigenvalue weighted by Crippen LogP contribution is 2.27. The van der Waals surface area contributed by atoms with E-state index in [0.29, 0.717) is 0 Å². The minimum atomic E-state index is -0.705. The fourth-order valence-electron chi connectivity index (χ4n) is 1.34. The number of azide groups is 1. The lowest BCUT2D eigenvalue weighted by Crippen LogP contribution is -2.28. The summed E-state index contributed by atoms with van der Waals surface area (Å²) < 4.78 is 10.8. The van der Waals surface area contributed by atoms with Crippen molar-refractivity contribution >= 4 is 0 Å². The van der Waals surface area contributed by atoms with Crippen LogP contribution in [0.5, 0.6) is 0 Å². The van der Waals surface area contributed by atoms with Gasteiger partial charge < -0.3 is 14.6 Å². The van der Waals surface area contributed by atoms with E-state index in [0.717, 1.165) is 0 Å². The van der Waals surface area contributed by atoms with E-state index in [1.165, 1.54) is 0 Å². The summed E-state index contributed by atoms with van der Waals surface area (Å²) in [7, 11) is 0. The molecule has 1 heterocycles. The van der Waals surface area contributed by atoms with Crippen molar-refractivity contribution in [1.82, 2.24) is 0 Å². The van der Waals surface area contributed by atoms with Crippen molar-refractivity contribution in [2.24, 2.45) is 5.11 Å². The second kappa shape index (κ2) is 3.93. The highest BCUT2D eigenvalue weighted by molar-refractivity contribution is 4.82. The zero-order valence-electron chi connectivity index (χ0n) is 7.67. The lowest BCUT2D eigenvalue weighted by molar-refractivity contribution is -0.148. The van der Waals surface area contributed by atoms with Gasteiger partial charge in [0.05, 0.1) is 19.3 Å². The second-order valence-corrected chi connectivity index (χ2v) is 3.31. The van der Waals surface area contributed by atoms with Crippen LogP contribution in [0.1, 0.15) is 13.8 Å². The number of nitrogens with zero attached hydrogens (tertiary/aromatic N) is 3. The molecule has 74 valence electrons. The van der Waals surface area contributed by atoms with E-state index in [1.54, 1.807) is 13.8 Å². The fraction of sp³-hybridized carbons (Fsp3) is 1.00. The van der Waals surface area contributed by atoms with E-state index in [1.807, 2.05) is 0 Å². The van der Waals surface area contributed by atoms with Crippen LogP contribution in [0.15, 0.2) is 5.11 Å². The summed E-state index contributed by atoms with van der Waals surface area (Å²) in [5.41, 5.74) is 8.12. The smallest absolute Gasteiger partial charge is 0.163 e. The lowest BCUT2D eigenvalue weighted by atomic mass is 10.2. The van der Waals surface area contributed by atoms with Crippen molar-refractivity contribution in [2.75, 3.05) is 13.2 Å². The van der Waals surface area contributed by atoms with Crippen LogP contribution in [0.25, 0.3) is 10.4 Å². The van der Waals surface area contributed by atoms with Gasteiger partial charge in [-0.2, -0.15) is 0 Å². The third-order valence-electron chi connectivity index (χ3n) is 1.79. The standard InChI is InChI=1S/C7H13N3O3/c1-7(2)12-5(3-9-10-8)6(4-11)13-7/h5-6,11H,3-4H2,1-2H3/t5-,6-/m1/s1. The predicted molar refractivity (Wildman–Crippen MR) is 44.9 cm³/mol. The Morgan fingerprint density at radius 1 is 1.46 bits per heavy atom. The molecule has 0 bridgehead atoms. The molecule has 1 aliphatic rings. The Labute approximate surface area is 76.1 Å². The average molecular weight is 187 g/mol. The predicted octanol–water partition coefficient (Wildman–Crippen LogP) is 0.809. The van der Waals surface area contributed by atoms with Gasteiger partial charge in [0, 0.05) is 4.91 Å². The molecule has 0 aromatic rings. The van der Waals surface area contributed by atoms with Gasteiger partial charge in [-0.05, 0) is 19.4 Å². The molecule has 1 saturated heterocycles. The van der Waals surface area contributed by atoms with Crippen LogP contribution in [-0.2, 0) is 9.47 Å². The Hall–Kier alpha value is -0.810. The van der Waals surface area contributed by atoms with Crippen molar-refractivity contribution in [3.8, 4) is 0 Å². The Morgan fingerprint density at radius 3 is 2.62 bits per heavy atom. The van der Waals surface area contributed by atoms with Gasteiger partial charge in [0.25, 0.3) is 0 Å². The Balaban J connectivity index is 2.57. The van der Waals surface area contributed by atoms with Crippen molar-refractivity contribution in [1.29, 1.82) is 0 Å². The average Bonchev–Trinajstić information content (AvgIpc) is 2.37. The second-order valence-electron chi connectivity index (χ2n) is 3.31. The maximum absolute atomic E-state index is 8.93. The molecule has 6 heteroatoms. The SMILES string of the molecule is CC1(C)O[C@H](CO)[C@@H](CN=[N+]=[N-])O1. The van der Waals surface area contributed by atoms with Crippen LogP contribution >= 0.6 is 0 Å². The topological polar surface area (TPSA) is 87.5 Å². The van der Waals surface area contributed by atoms with E-state index in [9.17, 15) is 0 Å². The van der Waals surface area contributed by atoms with Gasteiger partial charge in [-0.1, -0.05) is 5.11 Å². The Bertz CT molecular complexity index is 225. The molecule has 0 spiro atoms. The van der Waals surface area contributed by atoms with Crippen LogP contribution in [0.2, 0.25) is 0 Å². The molecule has 0 unspecified atom stereocenters. The summed E-state index contributed by atoms with van der Waals surface area (Å²) in [6, 6.07) is 0. The number of rotatable bonds is 3. The molecule has 0 aromatic carbocycles. The highest BCUT2D eigenvalue weighted by atomic mass is 16.8. The van der Waals surface area contributed by atoms with Crippen LogP contribution in [-0.4, -0.2) is 36.3 Å². The summed E-state index contributed by atoms with van der Waals surface area (Å²) in [5.74, 6) is -0.705. The molecule has 1 N–H and O–H groups in total. The number of ether oxygens (including phenoxy) is 2. The van der Waals surface area contributed by atoms with E-state index in [-0.39, 0.29) is 19.3 Å². The summed E-state index contributed by atoms with van der Waals surface area (Å²) in [5, 5.41) is 12.3. The molecule has 1 aliphatic heterocycles. The van der Waals surface area contributed by atoms with Crippen molar-refractivity contribution in [3.63, 3.8) is 0 Å². The molecule has 13 heavy (non-hydrogen) atoms. The molecular formula is C7H13N3O3. The molecule has 1 fully saturated rings. The first kappa shape index (κ1) is 10.3. The molecule has 2 atom stereocenters. The Morgan fingerprint density at radius 2 is 2.08 bits per heavy atom. The molecule has 0 radical (unpaired) electrons. The maximum Gasteiger partial charge on any atom is 0.163 e. The first-order chi connectivity index (χ1) is 6.09. The molecule has 0 saturated carbocycles. The first-order valence-corrected chi connectivity index (χ1v) is 4.06. The first-order valence-electron chi connectivity index (χ1n) is 4.06. The Kier molecular flexibility index (Phi) is 3.11. The van der Waals surface area contributed by atoms with Gasteiger partial charge in [0.1, 0.15) is 6.10 Å². The van der Waals surface area contributed by atoms with Gasteiger partial charge in [-0.3, -0.25) is 0 Å². The summed E-state index contributed by atoms with van der Waals surface area (Å²) >= 11 is 0. The summed E-state index contributed by atoms with van der Waals surface area (Å²) in [6.07, 6.45) is -0.753. The van der Waals surface area contributed by atoms with Crippen LogP contribution in [0, 0.1) is 0 Å². The van der Waals surface area contributed by atoms with Gasteiger partial charge in [0.2, 0.25) is 0 Å². The summed E-state index contributed by atoms with van der Waals surface area (Å²) in [6.45, 7) is 3.57. The minimum absolute atomic E-state index is 0.130. The number of aliphatic hydroxyl groups is 1. The zero-order chi connectivity index (χ0) is 9.90. The van der Waals surface area contributed by atoms with Gasteiger partial charge in [-0.25, -0.2) is 0 Å². The fourth-order valence-corrected chi connectivity index (χ4v) is 1.34. The molecular weight excluding hydrogens is 174 g/mol. The van der Waals surface area contributed by atoms with E-state index >= 15 is 0 Å². The van der Waals surface area contributed by atoms with Crippen molar-refractivity contribution in [3.05, 3.63) is 10.4 Å². The highest BCUT2D eigenvalue weighted by Gasteiger charge is 2.40. The zero-order valence-corrected chi connectivity index (χ0v) is 7.67. The number of hydrogen-bond donors (Lipinski definition) is 1. The van der Waals surface area contributed by atoms with E-state index in [2.05, 4.69) is 10.0 Å². The molecule has 0 aromatic heterocycles. The largest absolute Gasteiger partial charge is 0.394 e. The molecule has 6 nitrogen and oxygen atoms in total. The normalized spacial score (nSPS) is 31.3. The maximum atomic E-state index is 8.93. The van der Waals surface area contributed by atoms with Gasteiger partial charge in [-0.15, -0.1) is 0 Å². The third-order valence-corrected chi connectivity index (χ3v) is 1.79. The van der Waals surface area contributed by atoms with E-state index < -0.39 is 11.9 Å². The van der Waals surface area contributed by atoms with Crippen LogP contribution in [0.3, 0.4) is 0 Å². The molecule has 1 rings (SSSR count). The molecule has 0 amide bonds. The minimum Gasteiger partial charge on any atom is -0.394 e. The van der Waals surface area contributed by atoms with Crippen LogP contribution < -0.4 is 0 Å².